The highest BCUT2D eigenvalue weighted by Gasteiger charge is 1.93. The van der Waals surface area contributed by atoms with E-state index < -0.39 is 6.10 Å². The molecule has 0 aliphatic heterocycles. The largest absolute Gasteiger partial charge is 0.463 e. The van der Waals surface area contributed by atoms with Crippen LogP contribution in [0.4, 0.5) is 0 Å². The molecule has 0 aliphatic carbocycles. The molecule has 1 N–H and O–H groups in total. The molecule has 0 bridgehead atoms. The van der Waals surface area contributed by atoms with Crippen LogP contribution in [0.25, 0.3) is 0 Å². The van der Waals surface area contributed by atoms with Crippen molar-refractivity contribution in [3.8, 4) is 0 Å². The molecule has 0 saturated carbocycles. The summed E-state index contributed by atoms with van der Waals surface area (Å²) < 4.78 is 4.62. The highest BCUT2D eigenvalue weighted by Crippen LogP contribution is 1.91. The van der Waals surface area contributed by atoms with E-state index in [1.165, 1.54) is 6.08 Å². The van der Waals surface area contributed by atoms with E-state index in [0.717, 1.165) is 0 Å². The van der Waals surface area contributed by atoms with Crippen molar-refractivity contribution in [1.82, 2.24) is 0 Å². The van der Waals surface area contributed by atoms with E-state index in [9.17, 15) is 4.79 Å². The van der Waals surface area contributed by atoms with Crippen molar-refractivity contribution in [2.24, 2.45) is 0 Å². The van der Waals surface area contributed by atoms with Crippen LogP contribution >= 0.6 is 0 Å². The van der Waals surface area contributed by atoms with E-state index in [1.807, 2.05) is 0 Å². The van der Waals surface area contributed by atoms with Crippen molar-refractivity contribution < 1.29 is 14.6 Å². The van der Waals surface area contributed by atoms with Gasteiger partial charge in [0.1, 0.15) is 0 Å². The Bertz CT molecular complexity index is 138. The Morgan fingerprint density at radius 2 is 2.36 bits per heavy atom. The van der Waals surface area contributed by atoms with Crippen molar-refractivity contribution in [3.05, 3.63) is 12.2 Å². The molecule has 1 unspecified atom stereocenters. The van der Waals surface area contributed by atoms with Gasteiger partial charge in [-0.2, -0.15) is 0 Å². The Hall–Kier alpha value is -0.830. The molecule has 3 nitrogen and oxygen atoms in total. The fourth-order valence-electron chi connectivity index (χ4n) is 0.552. The first-order valence-corrected chi connectivity index (χ1v) is 3.68. The second-order valence-corrected chi connectivity index (χ2v) is 2.24. The summed E-state index contributed by atoms with van der Waals surface area (Å²) in [6.07, 6.45) is 3.01. The molecule has 0 saturated heterocycles. The van der Waals surface area contributed by atoms with Gasteiger partial charge in [-0.1, -0.05) is 6.08 Å². The Morgan fingerprint density at radius 1 is 1.73 bits per heavy atom. The highest BCUT2D eigenvalue weighted by atomic mass is 16.5. The minimum Gasteiger partial charge on any atom is -0.463 e. The molecule has 0 radical (unpaired) electrons. The molecule has 0 aliphatic rings. The van der Waals surface area contributed by atoms with Gasteiger partial charge in [-0.25, -0.2) is 4.79 Å². The van der Waals surface area contributed by atoms with Crippen LogP contribution in [0.2, 0.25) is 0 Å². The number of rotatable bonds is 4. The van der Waals surface area contributed by atoms with Gasteiger partial charge >= 0.3 is 5.97 Å². The minimum absolute atomic E-state index is 0.354. The third-order valence-electron chi connectivity index (χ3n) is 1.02. The van der Waals surface area contributed by atoms with Crippen LogP contribution in [-0.2, 0) is 9.53 Å². The molecule has 0 amide bonds. The van der Waals surface area contributed by atoms with Gasteiger partial charge in [0.2, 0.25) is 0 Å². The van der Waals surface area contributed by atoms with Crippen molar-refractivity contribution in [1.29, 1.82) is 0 Å². The summed E-state index contributed by atoms with van der Waals surface area (Å²) in [5.41, 5.74) is 0. The third-order valence-corrected chi connectivity index (χ3v) is 1.02. The summed E-state index contributed by atoms with van der Waals surface area (Å²) in [7, 11) is 0. The third kappa shape index (κ3) is 7.06. The number of hydrogen-bond donors (Lipinski definition) is 1. The molecule has 64 valence electrons. The predicted octanol–water partition coefficient (Wildman–Crippen LogP) is 0.877. The van der Waals surface area contributed by atoms with Crippen molar-refractivity contribution in [2.45, 2.75) is 26.4 Å². The smallest absolute Gasteiger partial charge is 0.330 e. The lowest BCUT2D eigenvalue weighted by Gasteiger charge is -1.96. The molecule has 3 heteroatoms. The van der Waals surface area contributed by atoms with Crippen LogP contribution < -0.4 is 0 Å². The van der Waals surface area contributed by atoms with Gasteiger partial charge in [0.15, 0.2) is 0 Å². The summed E-state index contributed by atoms with van der Waals surface area (Å²) in [5, 5.41) is 8.79. The normalized spacial score (nSPS) is 13.4. The second kappa shape index (κ2) is 5.92. The fourth-order valence-corrected chi connectivity index (χ4v) is 0.552. The van der Waals surface area contributed by atoms with E-state index in [0.29, 0.717) is 13.0 Å². The first-order valence-electron chi connectivity index (χ1n) is 3.68. The zero-order valence-corrected chi connectivity index (χ0v) is 6.91. The molecular weight excluding hydrogens is 144 g/mol. The highest BCUT2D eigenvalue weighted by molar-refractivity contribution is 5.81. The molecule has 0 aromatic carbocycles. The molecule has 0 spiro atoms. The quantitative estimate of drug-likeness (QED) is 0.488. The number of esters is 1. The van der Waals surface area contributed by atoms with Gasteiger partial charge in [-0.05, 0) is 20.3 Å². The summed E-state index contributed by atoms with van der Waals surface area (Å²) in [6, 6.07) is 0. The van der Waals surface area contributed by atoms with E-state index in [-0.39, 0.29) is 5.97 Å². The molecule has 0 heterocycles. The van der Waals surface area contributed by atoms with E-state index in [2.05, 4.69) is 4.74 Å². The first kappa shape index (κ1) is 10.2. The lowest BCUT2D eigenvalue weighted by Crippen LogP contribution is -2.00. The summed E-state index contributed by atoms with van der Waals surface area (Å²) in [6.45, 7) is 3.80. The van der Waals surface area contributed by atoms with Crippen molar-refractivity contribution in [2.75, 3.05) is 6.61 Å². The summed E-state index contributed by atoms with van der Waals surface area (Å²) in [4.78, 5) is 10.6. The molecule has 1 atom stereocenters. The fraction of sp³-hybridized carbons (Fsp3) is 0.625. The Balaban J connectivity index is 3.48. The van der Waals surface area contributed by atoms with Crippen molar-refractivity contribution >= 4 is 5.97 Å². The van der Waals surface area contributed by atoms with Crippen LogP contribution in [0.1, 0.15) is 20.3 Å². The van der Waals surface area contributed by atoms with Crippen LogP contribution in [0, 0.1) is 0 Å². The van der Waals surface area contributed by atoms with E-state index >= 15 is 0 Å². The van der Waals surface area contributed by atoms with Gasteiger partial charge in [-0.3, -0.25) is 0 Å². The maximum Gasteiger partial charge on any atom is 0.330 e. The standard InChI is InChI=1S/C8H14O3/c1-3-11-8(10)6-4-5-7(2)9/h4,6-7,9H,3,5H2,1-2H3/b6-4+. The molecule has 0 aromatic rings. The number of aliphatic hydroxyl groups is 1. The van der Waals surface area contributed by atoms with Crippen LogP contribution in [0.3, 0.4) is 0 Å². The second-order valence-electron chi connectivity index (χ2n) is 2.24. The lowest BCUT2D eigenvalue weighted by molar-refractivity contribution is -0.137. The first-order chi connectivity index (χ1) is 5.16. The lowest BCUT2D eigenvalue weighted by atomic mass is 10.3. The molecular formula is C8H14O3. The van der Waals surface area contributed by atoms with Crippen LogP contribution in [-0.4, -0.2) is 23.8 Å². The van der Waals surface area contributed by atoms with Crippen molar-refractivity contribution in [3.63, 3.8) is 0 Å². The topological polar surface area (TPSA) is 46.5 Å². The minimum atomic E-state index is -0.402. The zero-order valence-electron chi connectivity index (χ0n) is 6.91. The van der Waals surface area contributed by atoms with Gasteiger partial charge in [-0.15, -0.1) is 0 Å². The van der Waals surface area contributed by atoms with Crippen LogP contribution in [0.5, 0.6) is 0 Å². The van der Waals surface area contributed by atoms with E-state index in [1.54, 1.807) is 19.9 Å². The number of hydrogen-bond acceptors (Lipinski definition) is 3. The van der Waals surface area contributed by atoms with Gasteiger partial charge in [0.05, 0.1) is 12.7 Å². The maximum atomic E-state index is 10.6. The number of carbonyl (C=O) groups is 1. The Labute approximate surface area is 66.7 Å². The zero-order chi connectivity index (χ0) is 8.69. The molecule has 11 heavy (non-hydrogen) atoms. The molecule has 0 fully saturated rings. The van der Waals surface area contributed by atoms with Crippen LogP contribution in [0.15, 0.2) is 12.2 Å². The monoisotopic (exact) mass is 158 g/mol. The number of ether oxygens (including phenoxy) is 1. The molecule has 0 aromatic heterocycles. The molecule has 0 rings (SSSR count). The van der Waals surface area contributed by atoms with Gasteiger partial charge in [0, 0.05) is 6.08 Å². The maximum absolute atomic E-state index is 10.6. The number of aliphatic hydroxyl groups excluding tert-OH is 1. The summed E-state index contributed by atoms with van der Waals surface area (Å²) in [5.74, 6) is -0.354. The van der Waals surface area contributed by atoms with Gasteiger partial charge in [0.25, 0.3) is 0 Å². The predicted molar refractivity (Wildman–Crippen MR) is 42.1 cm³/mol. The Morgan fingerprint density at radius 3 is 2.82 bits per heavy atom. The van der Waals surface area contributed by atoms with E-state index in [4.69, 9.17) is 5.11 Å². The van der Waals surface area contributed by atoms with Gasteiger partial charge < -0.3 is 9.84 Å². The Kier molecular flexibility index (Phi) is 5.47. The average Bonchev–Trinajstić information content (AvgIpc) is 1.87. The SMILES string of the molecule is CCOC(=O)/C=C/CC(C)O. The number of carbonyl (C=O) groups excluding carboxylic acids is 1. The summed E-state index contributed by atoms with van der Waals surface area (Å²) >= 11 is 0. The average molecular weight is 158 g/mol.